The number of morpholine rings is 1. The molecule has 0 aliphatic carbocycles. The molecule has 2 saturated heterocycles. The molecule has 2 rings (SSSR count). The van der Waals surface area contributed by atoms with Crippen LogP contribution in [0.15, 0.2) is 4.99 Å². The lowest BCUT2D eigenvalue weighted by Gasteiger charge is -2.29. The first-order chi connectivity index (χ1) is 6.46. The summed E-state index contributed by atoms with van der Waals surface area (Å²) in [6, 6.07) is 0.464. The first-order valence-corrected chi connectivity index (χ1v) is 5.19. The molecule has 0 radical (unpaired) electrons. The molecule has 0 aromatic rings. The number of nitrogens with two attached hydrogens (primary N) is 1. The van der Waals surface area contributed by atoms with Gasteiger partial charge in [-0.3, -0.25) is 0 Å². The lowest BCUT2D eigenvalue weighted by atomic mass is 10.1. The molecule has 2 heterocycles. The maximum Gasteiger partial charge on any atom is 0.192 e. The van der Waals surface area contributed by atoms with E-state index < -0.39 is 0 Å². The van der Waals surface area contributed by atoms with Crippen molar-refractivity contribution in [1.29, 1.82) is 0 Å². The van der Waals surface area contributed by atoms with Gasteiger partial charge in [0.1, 0.15) is 0 Å². The third kappa shape index (κ3) is 1.85. The van der Waals surface area contributed by atoms with E-state index in [4.69, 9.17) is 10.5 Å². The summed E-state index contributed by atoms with van der Waals surface area (Å²) in [5, 5.41) is 0. The molecule has 4 nitrogen and oxygen atoms in total. The van der Waals surface area contributed by atoms with Crippen molar-refractivity contribution in [3.63, 3.8) is 0 Å². The van der Waals surface area contributed by atoms with Gasteiger partial charge in [0.25, 0.3) is 0 Å². The smallest absolute Gasteiger partial charge is 0.192 e. The molecule has 2 aliphatic heterocycles. The Morgan fingerprint density at radius 2 is 2.21 bits per heavy atom. The van der Waals surface area contributed by atoms with Crippen LogP contribution in [0.3, 0.4) is 0 Å². The first-order valence-electron chi connectivity index (χ1n) is 5.19. The Morgan fingerprint density at radius 1 is 1.50 bits per heavy atom. The van der Waals surface area contributed by atoms with Gasteiger partial charge < -0.3 is 15.4 Å². The molecule has 0 saturated carbocycles. The zero-order valence-corrected chi connectivity index (χ0v) is 9.16. The molecule has 2 unspecified atom stereocenters. The Bertz CT molecular complexity index is 257. The summed E-state index contributed by atoms with van der Waals surface area (Å²) in [4.78, 5) is 6.65. The number of aliphatic imine (C=N–C) groups is 1. The molecule has 2 aliphatic rings. The van der Waals surface area contributed by atoms with E-state index in [1.54, 1.807) is 0 Å². The second-order valence-electron chi connectivity index (χ2n) is 5.14. The summed E-state index contributed by atoms with van der Waals surface area (Å²) in [6.45, 7) is 7.90. The lowest BCUT2D eigenvalue weighted by Crippen LogP contribution is -2.46. The topological polar surface area (TPSA) is 50.8 Å². The van der Waals surface area contributed by atoms with Gasteiger partial charge in [0.05, 0.1) is 24.3 Å². The molecule has 14 heavy (non-hydrogen) atoms. The van der Waals surface area contributed by atoms with Crippen molar-refractivity contribution in [2.24, 2.45) is 10.7 Å². The lowest BCUT2D eigenvalue weighted by molar-refractivity contribution is 0.0559. The number of ether oxygens (including phenoxy) is 1. The van der Waals surface area contributed by atoms with Crippen LogP contribution in [0.25, 0.3) is 0 Å². The highest BCUT2D eigenvalue weighted by atomic mass is 16.5. The summed E-state index contributed by atoms with van der Waals surface area (Å²) in [7, 11) is 0. The fraction of sp³-hybridized carbons (Fsp3) is 0.900. The highest BCUT2D eigenvalue weighted by molar-refractivity contribution is 5.79. The highest BCUT2D eigenvalue weighted by Crippen LogP contribution is 2.27. The minimum atomic E-state index is -0.0905. The maximum atomic E-state index is 5.97. The van der Waals surface area contributed by atoms with Crippen LogP contribution in [0.5, 0.6) is 0 Å². The van der Waals surface area contributed by atoms with Gasteiger partial charge in [0, 0.05) is 6.54 Å². The molecular formula is C10H19N3O. The Morgan fingerprint density at radius 3 is 2.64 bits per heavy atom. The number of likely N-dealkylation sites (tertiary alicyclic amines) is 1. The van der Waals surface area contributed by atoms with E-state index in [0.29, 0.717) is 18.1 Å². The van der Waals surface area contributed by atoms with Crippen LogP contribution in [0.1, 0.15) is 27.2 Å². The average molecular weight is 197 g/mol. The van der Waals surface area contributed by atoms with Crippen LogP contribution in [0.2, 0.25) is 0 Å². The van der Waals surface area contributed by atoms with Crippen LogP contribution < -0.4 is 5.73 Å². The summed E-state index contributed by atoms with van der Waals surface area (Å²) in [6.07, 6.45) is 1.49. The summed E-state index contributed by atoms with van der Waals surface area (Å²) < 4.78 is 5.51. The van der Waals surface area contributed by atoms with Gasteiger partial charge in [-0.25, -0.2) is 4.99 Å². The first kappa shape index (κ1) is 9.77. The predicted octanol–water partition coefficient (Wildman–Crippen LogP) is 0.573. The van der Waals surface area contributed by atoms with Gasteiger partial charge >= 0.3 is 0 Å². The molecule has 2 N–H and O–H groups in total. The number of hydrogen-bond acceptors (Lipinski definition) is 2. The van der Waals surface area contributed by atoms with Crippen LogP contribution in [-0.2, 0) is 4.74 Å². The molecule has 4 heteroatoms. The molecule has 0 aromatic heterocycles. The second-order valence-corrected chi connectivity index (χ2v) is 5.14. The number of rotatable bonds is 0. The third-order valence-electron chi connectivity index (χ3n) is 2.64. The minimum absolute atomic E-state index is 0.0905. The molecule has 2 fully saturated rings. The van der Waals surface area contributed by atoms with Crippen LogP contribution in [0.4, 0.5) is 0 Å². The molecule has 2 bridgehead atoms. The zero-order valence-electron chi connectivity index (χ0n) is 9.16. The van der Waals surface area contributed by atoms with Crippen molar-refractivity contribution >= 4 is 5.96 Å². The van der Waals surface area contributed by atoms with Gasteiger partial charge in [-0.05, 0) is 27.2 Å². The standard InChI is InChI=1S/C10H19N3O/c1-10(2,3)12-9(11)13-5-8-4-7(13)6-14-8/h7-8H,4-6H2,1-3H3,(H2,11,12). The van der Waals surface area contributed by atoms with E-state index in [9.17, 15) is 0 Å². The van der Waals surface area contributed by atoms with Gasteiger partial charge in [-0.15, -0.1) is 0 Å². The van der Waals surface area contributed by atoms with Crippen molar-refractivity contribution in [3.8, 4) is 0 Å². The van der Waals surface area contributed by atoms with Crippen molar-refractivity contribution in [3.05, 3.63) is 0 Å². The number of fused-ring (bicyclic) bond motifs is 2. The number of hydrogen-bond donors (Lipinski definition) is 1. The Hall–Kier alpha value is -0.770. The Kier molecular flexibility index (Phi) is 2.18. The Labute approximate surface area is 85.1 Å². The van der Waals surface area contributed by atoms with E-state index in [2.05, 4.69) is 30.7 Å². The van der Waals surface area contributed by atoms with E-state index in [1.165, 1.54) is 0 Å². The second kappa shape index (κ2) is 3.12. The molecule has 0 spiro atoms. The van der Waals surface area contributed by atoms with Crippen molar-refractivity contribution in [2.75, 3.05) is 13.2 Å². The Balaban J connectivity index is 2.06. The average Bonchev–Trinajstić information content (AvgIpc) is 2.59. The molecular weight excluding hydrogens is 178 g/mol. The molecule has 2 atom stereocenters. The van der Waals surface area contributed by atoms with Crippen LogP contribution >= 0.6 is 0 Å². The van der Waals surface area contributed by atoms with E-state index in [1.807, 2.05) is 0 Å². The van der Waals surface area contributed by atoms with Gasteiger partial charge in [-0.1, -0.05) is 0 Å². The van der Waals surface area contributed by atoms with Crippen molar-refractivity contribution < 1.29 is 4.74 Å². The quantitative estimate of drug-likeness (QED) is 0.456. The normalized spacial score (nSPS) is 32.8. The largest absolute Gasteiger partial charge is 0.374 e. The molecule has 0 aromatic carbocycles. The van der Waals surface area contributed by atoms with Gasteiger partial charge in [0.15, 0.2) is 5.96 Å². The van der Waals surface area contributed by atoms with Crippen molar-refractivity contribution in [2.45, 2.75) is 44.9 Å². The zero-order chi connectivity index (χ0) is 10.3. The van der Waals surface area contributed by atoms with Crippen LogP contribution in [-0.4, -0.2) is 41.7 Å². The van der Waals surface area contributed by atoms with E-state index >= 15 is 0 Å². The fourth-order valence-corrected chi connectivity index (χ4v) is 2.09. The van der Waals surface area contributed by atoms with Crippen LogP contribution in [0, 0.1) is 0 Å². The SMILES string of the molecule is CC(C)(C)N=C(N)N1CC2CC1CO2. The summed E-state index contributed by atoms with van der Waals surface area (Å²) >= 11 is 0. The predicted molar refractivity (Wildman–Crippen MR) is 56.2 cm³/mol. The maximum absolute atomic E-state index is 5.97. The number of nitrogens with zero attached hydrogens (tertiary/aromatic N) is 2. The molecule has 80 valence electrons. The van der Waals surface area contributed by atoms with E-state index in [-0.39, 0.29) is 5.54 Å². The van der Waals surface area contributed by atoms with Gasteiger partial charge in [-0.2, -0.15) is 0 Å². The highest BCUT2D eigenvalue weighted by Gasteiger charge is 2.40. The van der Waals surface area contributed by atoms with Crippen molar-refractivity contribution in [1.82, 2.24) is 4.90 Å². The number of guanidine groups is 1. The minimum Gasteiger partial charge on any atom is -0.374 e. The van der Waals surface area contributed by atoms with Gasteiger partial charge in [0.2, 0.25) is 0 Å². The third-order valence-corrected chi connectivity index (χ3v) is 2.64. The monoisotopic (exact) mass is 197 g/mol. The summed E-state index contributed by atoms with van der Waals surface area (Å²) in [5.41, 5.74) is 5.88. The van der Waals surface area contributed by atoms with E-state index in [0.717, 1.165) is 19.6 Å². The summed E-state index contributed by atoms with van der Waals surface area (Å²) in [5.74, 6) is 0.674. The fourth-order valence-electron chi connectivity index (χ4n) is 2.09. The molecule has 0 amide bonds.